The Balaban J connectivity index is 2.86. The van der Waals surface area contributed by atoms with E-state index in [0.29, 0.717) is 17.4 Å². The summed E-state index contributed by atoms with van der Waals surface area (Å²) in [5, 5.41) is 0. The minimum atomic E-state index is -0.225. The average molecular weight is 363 g/mol. The second-order valence-electron chi connectivity index (χ2n) is 7.89. The van der Waals surface area contributed by atoms with E-state index in [1.54, 1.807) is 0 Å². The Labute approximate surface area is 160 Å². The summed E-state index contributed by atoms with van der Waals surface area (Å²) in [6.07, 6.45) is -0.125. The zero-order valence-electron chi connectivity index (χ0n) is 17.6. The zero-order valence-corrected chi connectivity index (χ0v) is 17.6. The van der Waals surface area contributed by atoms with Gasteiger partial charge in [0, 0.05) is 26.2 Å². The van der Waals surface area contributed by atoms with Crippen molar-refractivity contribution in [1.82, 2.24) is 9.80 Å². The minimum Gasteiger partial charge on any atom is -0.456 e. The second kappa shape index (κ2) is 12.1. The Morgan fingerprint density at radius 1 is 0.846 bits per heavy atom. The molecule has 1 rings (SSSR count). The first-order valence-electron chi connectivity index (χ1n) is 10.1. The van der Waals surface area contributed by atoms with E-state index in [9.17, 15) is 4.79 Å². The lowest BCUT2D eigenvalue weighted by molar-refractivity contribution is 0.00760. The molecule has 1 aromatic rings. The van der Waals surface area contributed by atoms with Crippen molar-refractivity contribution in [3.8, 4) is 0 Å². The molecule has 4 heteroatoms. The highest BCUT2D eigenvalue weighted by molar-refractivity contribution is 5.89. The molecule has 0 N–H and O–H groups in total. The summed E-state index contributed by atoms with van der Waals surface area (Å²) in [5.41, 5.74) is 0.622. The summed E-state index contributed by atoms with van der Waals surface area (Å²) in [6.45, 7) is 18.8. The number of benzene rings is 1. The molecule has 0 radical (unpaired) electrons. The molecule has 0 heterocycles. The van der Waals surface area contributed by atoms with Crippen LogP contribution in [-0.4, -0.2) is 61.1 Å². The van der Waals surface area contributed by atoms with Crippen molar-refractivity contribution in [3.05, 3.63) is 35.9 Å². The van der Waals surface area contributed by atoms with Crippen molar-refractivity contribution in [2.45, 2.75) is 47.6 Å². The standard InChI is InChI=1S/C22H38N2O2/c1-7-23(8-2)16-21(17-24(14-18(3)4)15-19(5)6)26-22(25)20-12-10-9-11-13-20/h9-13,18-19,21H,7-8,14-17H2,1-6H3. The molecule has 0 aliphatic rings. The Kier molecular flexibility index (Phi) is 10.5. The molecular formula is C22H38N2O2. The van der Waals surface area contributed by atoms with Crippen molar-refractivity contribution in [2.24, 2.45) is 11.8 Å². The highest BCUT2D eigenvalue weighted by Gasteiger charge is 2.22. The van der Waals surface area contributed by atoms with E-state index < -0.39 is 0 Å². The van der Waals surface area contributed by atoms with E-state index in [0.717, 1.165) is 39.3 Å². The minimum absolute atomic E-state index is 0.125. The highest BCUT2D eigenvalue weighted by Crippen LogP contribution is 2.11. The molecule has 0 saturated heterocycles. The van der Waals surface area contributed by atoms with Crippen LogP contribution in [0.1, 0.15) is 51.9 Å². The lowest BCUT2D eigenvalue weighted by Gasteiger charge is -2.32. The summed E-state index contributed by atoms with van der Waals surface area (Å²) in [7, 11) is 0. The number of rotatable bonds is 12. The van der Waals surface area contributed by atoms with Gasteiger partial charge in [0.2, 0.25) is 0 Å². The predicted octanol–water partition coefficient (Wildman–Crippen LogP) is 4.17. The van der Waals surface area contributed by atoms with Gasteiger partial charge in [-0.2, -0.15) is 0 Å². The van der Waals surface area contributed by atoms with Crippen LogP contribution in [0.25, 0.3) is 0 Å². The molecule has 4 nitrogen and oxygen atoms in total. The van der Waals surface area contributed by atoms with Gasteiger partial charge < -0.3 is 9.64 Å². The molecule has 0 saturated carbocycles. The van der Waals surface area contributed by atoms with Gasteiger partial charge in [-0.25, -0.2) is 4.79 Å². The maximum atomic E-state index is 12.6. The Morgan fingerprint density at radius 2 is 1.35 bits per heavy atom. The number of nitrogens with zero attached hydrogens (tertiary/aromatic N) is 2. The van der Waals surface area contributed by atoms with Crippen LogP contribution in [0.3, 0.4) is 0 Å². The number of esters is 1. The lowest BCUT2D eigenvalue weighted by Crippen LogP contribution is -2.44. The monoisotopic (exact) mass is 362 g/mol. The fourth-order valence-corrected chi connectivity index (χ4v) is 3.24. The predicted molar refractivity (Wildman–Crippen MR) is 110 cm³/mol. The Hall–Kier alpha value is -1.39. The van der Waals surface area contributed by atoms with Crippen LogP contribution < -0.4 is 0 Å². The Bertz CT molecular complexity index is 488. The van der Waals surface area contributed by atoms with Crippen molar-refractivity contribution >= 4 is 5.97 Å². The van der Waals surface area contributed by atoms with Crippen LogP contribution in [0.5, 0.6) is 0 Å². The van der Waals surface area contributed by atoms with Crippen LogP contribution >= 0.6 is 0 Å². The normalized spacial score (nSPS) is 13.0. The molecular weight excluding hydrogens is 324 g/mol. The molecule has 0 aliphatic heterocycles. The van der Waals surface area contributed by atoms with Gasteiger partial charge in [0.1, 0.15) is 6.10 Å². The molecule has 1 atom stereocenters. The molecule has 26 heavy (non-hydrogen) atoms. The van der Waals surface area contributed by atoms with Crippen LogP contribution in [-0.2, 0) is 4.74 Å². The van der Waals surface area contributed by atoms with E-state index in [1.807, 2.05) is 30.3 Å². The van der Waals surface area contributed by atoms with Gasteiger partial charge in [0.05, 0.1) is 5.56 Å². The van der Waals surface area contributed by atoms with Gasteiger partial charge in [0.25, 0.3) is 0 Å². The Morgan fingerprint density at radius 3 is 1.81 bits per heavy atom. The maximum Gasteiger partial charge on any atom is 0.338 e. The first-order chi connectivity index (χ1) is 12.3. The third kappa shape index (κ3) is 8.81. The quantitative estimate of drug-likeness (QED) is 0.523. The molecule has 0 aliphatic carbocycles. The number of carbonyl (C=O) groups excluding carboxylic acids is 1. The van der Waals surface area contributed by atoms with E-state index in [1.165, 1.54) is 0 Å². The summed E-state index contributed by atoms with van der Waals surface area (Å²) < 4.78 is 5.94. The third-order valence-corrected chi connectivity index (χ3v) is 4.35. The summed E-state index contributed by atoms with van der Waals surface area (Å²) >= 11 is 0. The molecule has 148 valence electrons. The van der Waals surface area contributed by atoms with E-state index in [4.69, 9.17) is 4.74 Å². The zero-order chi connectivity index (χ0) is 19.5. The maximum absolute atomic E-state index is 12.6. The van der Waals surface area contributed by atoms with Gasteiger partial charge >= 0.3 is 5.97 Å². The smallest absolute Gasteiger partial charge is 0.338 e. The van der Waals surface area contributed by atoms with E-state index >= 15 is 0 Å². The first-order valence-corrected chi connectivity index (χ1v) is 10.1. The fourth-order valence-electron chi connectivity index (χ4n) is 3.24. The van der Waals surface area contributed by atoms with E-state index in [-0.39, 0.29) is 12.1 Å². The van der Waals surface area contributed by atoms with E-state index in [2.05, 4.69) is 51.3 Å². The third-order valence-electron chi connectivity index (χ3n) is 4.35. The molecule has 0 bridgehead atoms. The van der Waals surface area contributed by atoms with Crippen molar-refractivity contribution in [1.29, 1.82) is 0 Å². The number of hydrogen-bond acceptors (Lipinski definition) is 4. The average Bonchev–Trinajstić information content (AvgIpc) is 2.58. The van der Waals surface area contributed by atoms with Crippen LogP contribution in [0, 0.1) is 11.8 Å². The first kappa shape index (κ1) is 22.7. The molecule has 1 aromatic carbocycles. The molecule has 0 aromatic heterocycles. The highest BCUT2D eigenvalue weighted by atomic mass is 16.5. The summed E-state index contributed by atoms with van der Waals surface area (Å²) in [5.74, 6) is 0.956. The van der Waals surface area contributed by atoms with Crippen LogP contribution in [0.2, 0.25) is 0 Å². The molecule has 0 spiro atoms. The topological polar surface area (TPSA) is 32.8 Å². The van der Waals surface area contributed by atoms with Crippen molar-refractivity contribution in [2.75, 3.05) is 39.3 Å². The van der Waals surface area contributed by atoms with Crippen molar-refractivity contribution < 1.29 is 9.53 Å². The molecule has 0 amide bonds. The number of hydrogen-bond donors (Lipinski definition) is 0. The van der Waals surface area contributed by atoms with Gasteiger partial charge in [-0.05, 0) is 37.1 Å². The second-order valence-corrected chi connectivity index (χ2v) is 7.89. The van der Waals surface area contributed by atoms with Crippen molar-refractivity contribution in [3.63, 3.8) is 0 Å². The lowest BCUT2D eigenvalue weighted by atomic mass is 10.1. The number of ether oxygens (including phenoxy) is 1. The molecule has 1 unspecified atom stereocenters. The fraction of sp³-hybridized carbons (Fsp3) is 0.682. The number of carbonyl (C=O) groups is 1. The van der Waals surface area contributed by atoms with Gasteiger partial charge in [-0.15, -0.1) is 0 Å². The summed E-state index contributed by atoms with van der Waals surface area (Å²) in [6, 6.07) is 9.30. The van der Waals surface area contributed by atoms with Gasteiger partial charge in [-0.1, -0.05) is 59.7 Å². The SMILES string of the molecule is CCN(CC)CC(CN(CC(C)C)CC(C)C)OC(=O)c1ccccc1. The summed E-state index contributed by atoms with van der Waals surface area (Å²) in [4.78, 5) is 17.4. The van der Waals surface area contributed by atoms with Gasteiger partial charge in [0.15, 0.2) is 0 Å². The number of likely N-dealkylation sites (N-methyl/N-ethyl adjacent to an activating group) is 1. The largest absolute Gasteiger partial charge is 0.456 e. The van der Waals surface area contributed by atoms with Gasteiger partial charge in [-0.3, -0.25) is 4.90 Å². The van der Waals surface area contributed by atoms with Crippen LogP contribution in [0.15, 0.2) is 30.3 Å². The van der Waals surface area contributed by atoms with Crippen LogP contribution in [0.4, 0.5) is 0 Å². The molecule has 0 fully saturated rings.